The maximum atomic E-state index is 12.7. The molecule has 0 saturated heterocycles. The van der Waals surface area contributed by atoms with Gasteiger partial charge in [0.25, 0.3) is 10.0 Å². The minimum absolute atomic E-state index is 0.138. The number of aromatic nitrogens is 5. The Kier molecular flexibility index (Phi) is 5.48. The van der Waals surface area contributed by atoms with Crippen LogP contribution in [0.5, 0.6) is 0 Å². The molecule has 9 nitrogen and oxygen atoms in total. The SMILES string of the molecule is C=C=CC(=CC=CC)C(C)n1nnc2c(S(=O)(=O)NC)ncn2c1=O. The average Bonchev–Trinajstić information content (AvgIpc) is 3.04. The molecule has 0 aliphatic heterocycles. The fourth-order valence-electron chi connectivity index (χ4n) is 2.10. The zero-order valence-corrected chi connectivity index (χ0v) is 14.9. The number of allylic oxidation sites excluding steroid dienone is 5. The minimum atomic E-state index is -3.85. The van der Waals surface area contributed by atoms with Crippen LogP contribution in [0.2, 0.25) is 0 Å². The van der Waals surface area contributed by atoms with Gasteiger partial charge in [-0.05, 0) is 32.5 Å². The third-order valence-corrected chi connectivity index (χ3v) is 4.80. The van der Waals surface area contributed by atoms with Crippen molar-refractivity contribution in [3.05, 3.63) is 59.0 Å². The second kappa shape index (κ2) is 7.39. The molecule has 2 rings (SSSR count). The monoisotopic (exact) mass is 362 g/mol. The topological polar surface area (TPSA) is 111 Å². The number of imidazole rings is 1. The van der Waals surface area contributed by atoms with Crippen molar-refractivity contribution < 1.29 is 8.42 Å². The van der Waals surface area contributed by atoms with E-state index >= 15 is 0 Å². The molecule has 1 atom stereocenters. The lowest BCUT2D eigenvalue weighted by Crippen LogP contribution is -2.32. The molecule has 132 valence electrons. The van der Waals surface area contributed by atoms with E-state index < -0.39 is 21.8 Å². The van der Waals surface area contributed by atoms with Gasteiger partial charge in [-0.25, -0.2) is 27.3 Å². The van der Waals surface area contributed by atoms with Crippen molar-refractivity contribution in [1.82, 2.24) is 29.1 Å². The van der Waals surface area contributed by atoms with E-state index in [1.807, 2.05) is 19.1 Å². The fourth-order valence-corrected chi connectivity index (χ4v) is 2.86. The molecular formula is C15H18N6O3S. The van der Waals surface area contributed by atoms with Crippen LogP contribution in [0.25, 0.3) is 5.65 Å². The molecule has 0 saturated carbocycles. The summed E-state index contributed by atoms with van der Waals surface area (Å²) in [5.74, 6) is 0. The van der Waals surface area contributed by atoms with Crippen molar-refractivity contribution in [2.24, 2.45) is 0 Å². The van der Waals surface area contributed by atoms with Crippen LogP contribution in [0.1, 0.15) is 19.9 Å². The third-order valence-electron chi connectivity index (χ3n) is 3.47. The highest BCUT2D eigenvalue weighted by Gasteiger charge is 2.23. The molecule has 0 bridgehead atoms. The van der Waals surface area contributed by atoms with Gasteiger partial charge in [0.15, 0.2) is 0 Å². The van der Waals surface area contributed by atoms with Gasteiger partial charge in [0.1, 0.15) is 6.33 Å². The van der Waals surface area contributed by atoms with Gasteiger partial charge >= 0.3 is 5.69 Å². The smallest absolute Gasteiger partial charge is 0.245 e. The fraction of sp³-hybridized carbons (Fsp3) is 0.267. The highest BCUT2D eigenvalue weighted by Crippen LogP contribution is 2.16. The van der Waals surface area contributed by atoms with E-state index in [2.05, 4.69) is 32.3 Å². The Balaban J connectivity index is 2.64. The molecule has 0 amide bonds. The lowest BCUT2D eigenvalue weighted by molar-refractivity contribution is 0.479. The lowest BCUT2D eigenvalue weighted by Gasteiger charge is -2.13. The maximum Gasteiger partial charge on any atom is 0.353 e. The van der Waals surface area contributed by atoms with Gasteiger partial charge in [-0.2, -0.15) is 4.68 Å². The zero-order chi connectivity index (χ0) is 18.6. The van der Waals surface area contributed by atoms with E-state index in [4.69, 9.17) is 0 Å². The Morgan fingerprint density at radius 1 is 1.48 bits per heavy atom. The second-order valence-corrected chi connectivity index (χ2v) is 6.79. The highest BCUT2D eigenvalue weighted by molar-refractivity contribution is 7.89. The summed E-state index contributed by atoms with van der Waals surface area (Å²) in [6, 6.07) is -0.471. The molecular weight excluding hydrogens is 344 g/mol. The lowest BCUT2D eigenvalue weighted by atomic mass is 10.1. The van der Waals surface area contributed by atoms with Gasteiger partial charge in [0, 0.05) is 0 Å². The zero-order valence-electron chi connectivity index (χ0n) is 14.0. The van der Waals surface area contributed by atoms with Gasteiger partial charge in [0.2, 0.25) is 10.7 Å². The molecule has 10 heteroatoms. The van der Waals surface area contributed by atoms with Crippen molar-refractivity contribution in [2.45, 2.75) is 24.9 Å². The number of nitrogens with one attached hydrogen (secondary N) is 1. The van der Waals surface area contributed by atoms with E-state index in [1.54, 1.807) is 19.1 Å². The number of sulfonamides is 1. The normalized spacial score (nSPS) is 14.0. The number of nitrogens with zero attached hydrogens (tertiary/aromatic N) is 5. The molecule has 25 heavy (non-hydrogen) atoms. The predicted octanol–water partition coefficient (Wildman–Crippen LogP) is 0.599. The maximum absolute atomic E-state index is 12.7. The Bertz CT molecular complexity index is 1050. The number of rotatable bonds is 6. The first kappa shape index (κ1) is 18.5. The molecule has 1 unspecified atom stereocenters. The Morgan fingerprint density at radius 2 is 2.20 bits per heavy atom. The third kappa shape index (κ3) is 3.50. The minimum Gasteiger partial charge on any atom is -0.245 e. The van der Waals surface area contributed by atoms with Crippen molar-refractivity contribution in [3.63, 3.8) is 0 Å². The summed E-state index contributed by atoms with van der Waals surface area (Å²) >= 11 is 0. The summed E-state index contributed by atoms with van der Waals surface area (Å²) in [4.78, 5) is 16.4. The summed E-state index contributed by atoms with van der Waals surface area (Å²) in [5.41, 5.74) is 2.70. The van der Waals surface area contributed by atoms with E-state index in [9.17, 15) is 13.2 Å². The van der Waals surface area contributed by atoms with Crippen LogP contribution in [0.4, 0.5) is 0 Å². The van der Waals surface area contributed by atoms with Crippen LogP contribution < -0.4 is 10.4 Å². The van der Waals surface area contributed by atoms with Crippen LogP contribution in [0.15, 0.2) is 58.3 Å². The van der Waals surface area contributed by atoms with E-state index in [0.29, 0.717) is 0 Å². The molecule has 0 aliphatic rings. The molecule has 0 aromatic carbocycles. The first-order chi connectivity index (χ1) is 11.9. The molecule has 2 aromatic heterocycles. The Morgan fingerprint density at radius 3 is 2.80 bits per heavy atom. The molecule has 0 fully saturated rings. The first-order valence-corrected chi connectivity index (χ1v) is 8.80. The largest absolute Gasteiger partial charge is 0.353 e. The van der Waals surface area contributed by atoms with Crippen LogP contribution in [0, 0.1) is 0 Å². The summed E-state index contributed by atoms with van der Waals surface area (Å²) in [6.45, 7) is 7.16. The summed E-state index contributed by atoms with van der Waals surface area (Å²) in [6.07, 6.45) is 8.19. The highest BCUT2D eigenvalue weighted by atomic mass is 32.2. The number of hydrogen-bond acceptors (Lipinski definition) is 6. The quantitative estimate of drug-likeness (QED) is 0.595. The van der Waals surface area contributed by atoms with Gasteiger partial charge in [0.05, 0.1) is 6.04 Å². The standard InChI is InChI=1S/C15H18N6O3S/c1-5-7-9-12(8-6-2)11(3)21-15(22)20-10-17-14(13(20)18-19-21)25(23,24)16-4/h5,7-11,16H,2H2,1,3-4H3. The Hall–Kier alpha value is -2.81. The van der Waals surface area contributed by atoms with Gasteiger partial charge in [-0.3, -0.25) is 0 Å². The second-order valence-electron chi connectivity index (χ2n) is 4.98. The van der Waals surface area contributed by atoms with E-state index in [-0.39, 0.29) is 10.7 Å². The summed E-state index contributed by atoms with van der Waals surface area (Å²) in [5, 5.41) is 7.37. The van der Waals surface area contributed by atoms with Crippen LogP contribution in [-0.2, 0) is 10.0 Å². The van der Waals surface area contributed by atoms with Gasteiger partial charge < -0.3 is 0 Å². The molecule has 0 spiro atoms. The van der Waals surface area contributed by atoms with E-state index in [0.717, 1.165) is 21.0 Å². The van der Waals surface area contributed by atoms with Crippen molar-refractivity contribution >= 4 is 15.7 Å². The van der Waals surface area contributed by atoms with Gasteiger partial charge in [-0.1, -0.05) is 30.0 Å². The first-order valence-electron chi connectivity index (χ1n) is 7.32. The van der Waals surface area contributed by atoms with Crippen molar-refractivity contribution in [1.29, 1.82) is 0 Å². The van der Waals surface area contributed by atoms with Crippen molar-refractivity contribution in [2.75, 3.05) is 7.05 Å². The molecule has 1 N–H and O–H groups in total. The molecule has 2 heterocycles. The molecule has 0 aliphatic carbocycles. The Labute approximate surface area is 144 Å². The van der Waals surface area contributed by atoms with Crippen LogP contribution >= 0.6 is 0 Å². The van der Waals surface area contributed by atoms with Crippen LogP contribution in [0.3, 0.4) is 0 Å². The average molecular weight is 362 g/mol. The van der Waals surface area contributed by atoms with Crippen LogP contribution in [-0.4, -0.2) is 39.8 Å². The van der Waals surface area contributed by atoms with Crippen molar-refractivity contribution in [3.8, 4) is 0 Å². The summed E-state index contributed by atoms with van der Waals surface area (Å²) < 4.78 is 28.1. The van der Waals surface area contributed by atoms with E-state index in [1.165, 1.54) is 7.05 Å². The summed E-state index contributed by atoms with van der Waals surface area (Å²) in [7, 11) is -2.60. The van der Waals surface area contributed by atoms with Gasteiger partial charge in [-0.15, -0.1) is 10.8 Å². The molecule has 0 radical (unpaired) electrons. The number of fused-ring (bicyclic) bond motifs is 1. The molecule has 2 aromatic rings. The number of hydrogen-bond donors (Lipinski definition) is 1. The predicted molar refractivity (Wildman–Crippen MR) is 92.6 cm³/mol.